The molecule has 0 amide bonds. The maximum absolute atomic E-state index is 13.4. The maximum Gasteiger partial charge on any atom is 0.146 e. The van der Waals surface area contributed by atoms with Gasteiger partial charge in [-0.1, -0.05) is 54.1 Å². The zero-order valence-electron chi connectivity index (χ0n) is 17.3. The van der Waals surface area contributed by atoms with Gasteiger partial charge < -0.3 is 4.74 Å². The van der Waals surface area contributed by atoms with Crippen LogP contribution in [0.25, 0.3) is 22.4 Å². The molecule has 0 saturated heterocycles. The zero-order chi connectivity index (χ0) is 22.5. The highest BCUT2D eigenvalue weighted by Crippen LogP contribution is 2.32. The van der Waals surface area contributed by atoms with Crippen molar-refractivity contribution in [3.05, 3.63) is 101 Å². The Bertz CT molecular complexity index is 1300. The van der Waals surface area contributed by atoms with Crippen LogP contribution in [0.1, 0.15) is 11.1 Å². The van der Waals surface area contributed by atoms with Crippen LogP contribution in [-0.2, 0) is 16.6 Å². The van der Waals surface area contributed by atoms with Crippen molar-refractivity contribution in [3.63, 3.8) is 0 Å². The number of nitriles is 1. The fourth-order valence-electron chi connectivity index (χ4n) is 3.35. The van der Waals surface area contributed by atoms with Gasteiger partial charge in [0.1, 0.15) is 16.8 Å². The molecule has 1 aromatic heterocycles. The van der Waals surface area contributed by atoms with Gasteiger partial charge >= 0.3 is 0 Å². The van der Waals surface area contributed by atoms with Crippen LogP contribution in [0, 0.1) is 11.3 Å². The molecule has 4 nitrogen and oxygen atoms in total. The van der Waals surface area contributed by atoms with Crippen molar-refractivity contribution < 1.29 is 8.95 Å². The van der Waals surface area contributed by atoms with E-state index in [1.807, 2.05) is 72.8 Å². The second-order valence-corrected chi connectivity index (χ2v) is 8.86. The lowest BCUT2D eigenvalue weighted by Crippen LogP contribution is -2.05. The van der Waals surface area contributed by atoms with Gasteiger partial charge in [-0.05, 0) is 53.6 Å². The molecule has 0 aliphatic rings. The first-order valence-electron chi connectivity index (χ1n) is 9.87. The fourth-order valence-corrected chi connectivity index (χ4v) is 4.69. The van der Waals surface area contributed by atoms with E-state index in [4.69, 9.17) is 16.3 Å². The Balaban J connectivity index is 1.85. The predicted octanol–water partition coefficient (Wildman–Crippen LogP) is 6.26. The first kappa shape index (κ1) is 21.8. The number of halogens is 1. The van der Waals surface area contributed by atoms with Crippen LogP contribution >= 0.6 is 11.6 Å². The molecular formula is C26H19ClN2O2S. The second kappa shape index (κ2) is 9.78. The molecule has 1 heterocycles. The van der Waals surface area contributed by atoms with Crippen LogP contribution < -0.4 is 4.74 Å². The molecule has 32 heavy (non-hydrogen) atoms. The molecule has 0 unspecified atom stereocenters. The SMILES string of the molecule is COc1ccc(-c2cc(-c3ccccc3)c(C#N)c([S@@](=O)Cc3ccc(Cl)cc3)n2)cc1. The average molecular weight is 459 g/mol. The molecule has 0 saturated carbocycles. The van der Waals surface area contributed by atoms with Crippen LogP contribution in [0.2, 0.25) is 5.02 Å². The van der Waals surface area contributed by atoms with Crippen LogP contribution in [0.4, 0.5) is 0 Å². The van der Waals surface area contributed by atoms with Crippen molar-refractivity contribution >= 4 is 22.4 Å². The summed E-state index contributed by atoms with van der Waals surface area (Å²) in [6, 6.07) is 28.4. The summed E-state index contributed by atoms with van der Waals surface area (Å²) in [7, 11) is 0.0837. The van der Waals surface area contributed by atoms with E-state index in [0.717, 1.165) is 22.4 Å². The minimum absolute atomic E-state index is 0.235. The third kappa shape index (κ3) is 4.72. The van der Waals surface area contributed by atoms with Crippen LogP contribution in [-0.4, -0.2) is 16.3 Å². The largest absolute Gasteiger partial charge is 0.497 e. The molecule has 158 valence electrons. The van der Waals surface area contributed by atoms with Gasteiger partial charge in [-0.3, -0.25) is 4.21 Å². The van der Waals surface area contributed by atoms with Crippen LogP contribution in [0.3, 0.4) is 0 Å². The molecule has 6 heteroatoms. The van der Waals surface area contributed by atoms with E-state index in [0.29, 0.717) is 21.8 Å². The van der Waals surface area contributed by atoms with Gasteiger partial charge in [-0.25, -0.2) is 4.98 Å². The molecule has 4 aromatic rings. The molecule has 0 N–H and O–H groups in total. The lowest BCUT2D eigenvalue weighted by atomic mass is 9.99. The van der Waals surface area contributed by atoms with Crippen molar-refractivity contribution in [1.82, 2.24) is 4.98 Å². The van der Waals surface area contributed by atoms with Gasteiger partial charge in [0.25, 0.3) is 0 Å². The van der Waals surface area contributed by atoms with Crippen molar-refractivity contribution in [2.75, 3.05) is 7.11 Å². The molecule has 0 bridgehead atoms. The first-order valence-corrected chi connectivity index (χ1v) is 11.6. The summed E-state index contributed by atoms with van der Waals surface area (Å²) in [5.74, 6) is 0.969. The topological polar surface area (TPSA) is 63.0 Å². The summed E-state index contributed by atoms with van der Waals surface area (Å²) in [6.07, 6.45) is 0. The van der Waals surface area contributed by atoms with Crippen molar-refractivity contribution in [3.8, 4) is 34.2 Å². The summed E-state index contributed by atoms with van der Waals surface area (Å²) in [5, 5.41) is 10.9. The Morgan fingerprint density at radius 2 is 1.66 bits per heavy atom. The van der Waals surface area contributed by atoms with E-state index in [1.54, 1.807) is 19.2 Å². The number of aromatic nitrogens is 1. The number of pyridine rings is 1. The maximum atomic E-state index is 13.4. The molecule has 4 rings (SSSR count). The van der Waals surface area contributed by atoms with Crippen molar-refractivity contribution in [2.45, 2.75) is 10.8 Å². The number of ether oxygens (including phenoxy) is 1. The summed E-state index contributed by atoms with van der Waals surface area (Å²) >= 11 is 5.97. The van der Waals surface area contributed by atoms with Gasteiger partial charge in [0.05, 0.1) is 34.9 Å². The number of hydrogen-bond donors (Lipinski definition) is 0. The molecule has 0 spiro atoms. The van der Waals surface area contributed by atoms with Gasteiger partial charge in [-0.2, -0.15) is 5.26 Å². The minimum Gasteiger partial charge on any atom is -0.497 e. The standard InChI is InChI=1S/C26H19ClN2O2S/c1-31-22-13-9-20(10-14-22)25-15-23(19-5-3-2-4-6-19)24(16-28)26(29-25)32(30)17-18-7-11-21(27)12-8-18/h2-15H,17H2,1H3/t32-/m0/s1. The third-order valence-corrected chi connectivity index (χ3v) is 6.57. The molecule has 0 aliphatic heterocycles. The van der Waals surface area contributed by atoms with E-state index >= 15 is 0 Å². The number of nitrogens with zero attached hydrogens (tertiary/aromatic N) is 2. The third-order valence-electron chi connectivity index (χ3n) is 5.00. The smallest absolute Gasteiger partial charge is 0.146 e. The Morgan fingerprint density at radius 1 is 0.969 bits per heavy atom. The molecule has 0 radical (unpaired) electrons. The van der Waals surface area contributed by atoms with Crippen molar-refractivity contribution in [1.29, 1.82) is 5.26 Å². The Morgan fingerprint density at radius 3 is 2.28 bits per heavy atom. The summed E-state index contributed by atoms with van der Waals surface area (Å²) in [6.45, 7) is 0. The van der Waals surface area contributed by atoms with Gasteiger partial charge in [0.15, 0.2) is 0 Å². The highest BCUT2D eigenvalue weighted by atomic mass is 35.5. The lowest BCUT2D eigenvalue weighted by Gasteiger charge is -2.13. The predicted molar refractivity (Wildman–Crippen MR) is 128 cm³/mol. The van der Waals surface area contributed by atoms with E-state index in [-0.39, 0.29) is 10.8 Å². The average Bonchev–Trinajstić information content (AvgIpc) is 2.85. The quantitative estimate of drug-likeness (QED) is 0.342. The molecule has 0 aliphatic carbocycles. The molecule has 0 fully saturated rings. The highest BCUT2D eigenvalue weighted by molar-refractivity contribution is 7.84. The molecular weight excluding hydrogens is 440 g/mol. The molecule has 1 atom stereocenters. The number of methoxy groups -OCH3 is 1. The first-order chi connectivity index (χ1) is 15.6. The number of hydrogen-bond acceptors (Lipinski definition) is 4. The summed E-state index contributed by atoms with van der Waals surface area (Å²) in [4.78, 5) is 4.68. The second-order valence-electron chi connectivity index (χ2n) is 7.06. The molecule has 3 aromatic carbocycles. The number of rotatable bonds is 6. The van der Waals surface area contributed by atoms with E-state index in [1.165, 1.54) is 0 Å². The van der Waals surface area contributed by atoms with Crippen molar-refractivity contribution in [2.24, 2.45) is 0 Å². The van der Waals surface area contributed by atoms with Gasteiger partial charge in [-0.15, -0.1) is 0 Å². The van der Waals surface area contributed by atoms with Gasteiger partial charge in [0, 0.05) is 16.1 Å². The fraction of sp³-hybridized carbons (Fsp3) is 0.0769. The van der Waals surface area contributed by atoms with Gasteiger partial charge in [0.2, 0.25) is 0 Å². The monoisotopic (exact) mass is 458 g/mol. The highest BCUT2D eigenvalue weighted by Gasteiger charge is 2.20. The Kier molecular flexibility index (Phi) is 6.65. The van der Waals surface area contributed by atoms with E-state index < -0.39 is 10.8 Å². The van der Waals surface area contributed by atoms with E-state index in [2.05, 4.69) is 11.1 Å². The zero-order valence-corrected chi connectivity index (χ0v) is 18.9. The Labute approximate surface area is 194 Å². The normalized spacial score (nSPS) is 11.5. The van der Waals surface area contributed by atoms with Crippen LogP contribution in [0.5, 0.6) is 5.75 Å². The van der Waals surface area contributed by atoms with Crippen LogP contribution in [0.15, 0.2) is 90.0 Å². The Hall–Kier alpha value is -3.46. The lowest BCUT2D eigenvalue weighted by molar-refractivity contribution is 0.415. The number of benzene rings is 3. The van der Waals surface area contributed by atoms with E-state index in [9.17, 15) is 9.47 Å². The summed E-state index contributed by atoms with van der Waals surface area (Å²) < 4.78 is 18.6. The summed E-state index contributed by atoms with van der Waals surface area (Å²) in [5.41, 5.74) is 4.23. The minimum atomic E-state index is -1.53.